The summed E-state index contributed by atoms with van der Waals surface area (Å²) in [4.78, 5) is 17.5. The molecule has 0 spiro atoms. The van der Waals surface area contributed by atoms with Crippen LogP contribution in [0.5, 0.6) is 28.7 Å². The van der Waals surface area contributed by atoms with E-state index in [1.165, 1.54) is 17.3 Å². The Bertz CT molecular complexity index is 1310. The highest BCUT2D eigenvalue weighted by Gasteiger charge is 2.26. The topological polar surface area (TPSA) is 69.7 Å². The Balaban J connectivity index is 1.57. The molecule has 1 heterocycles. The highest BCUT2D eigenvalue weighted by molar-refractivity contribution is 8.23. The van der Waals surface area contributed by atoms with Gasteiger partial charge in [-0.2, -0.15) is 0 Å². The Morgan fingerprint density at radius 3 is 2.10 bits per heavy atom. The summed E-state index contributed by atoms with van der Waals surface area (Å²) in [5.74, 6) is 3.01. The van der Waals surface area contributed by atoms with Crippen molar-refractivity contribution in [2.75, 3.05) is 57.6 Å². The van der Waals surface area contributed by atoms with E-state index < -0.39 is 0 Å². The number of anilines is 2. The summed E-state index contributed by atoms with van der Waals surface area (Å²) in [6.07, 6.45) is 0.871. The van der Waals surface area contributed by atoms with E-state index in [-0.39, 0.29) is 11.7 Å². The molecule has 3 aromatic rings. The smallest absolute Gasteiger partial charge is 0.237 e. The van der Waals surface area contributed by atoms with Crippen LogP contribution in [0.3, 0.4) is 0 Å². The van der Waals surface area contributed by atoms with Crippen molar-refractivity contribution in [3.63, 3.8) is 0 Å². The van der Waals surface area contributed by atoms with Gasteiger partial charge in [0.2, 0.25) is 11.7 Å². The summed E-state index contributed by atoms with van der Waals surface area (Å²) in [6, 6.07) is 17.1. The molecule has 4 rings (SSSR count). The van der Waals surface area contributed by atoms with Gasteiger partial charge in [-0.1, -0.05) is 36.1 Å². The zero-order chi connectivity index (χ0) is 27.9. The normalized spacial score (nSPS) is 12.0. The van der Waals surface area contributed by atoms with Crippen molar-refractivity contribution in [1.82, 2.24) is 0 Å². The van der Waals surface area contributed by atoms with E-state index in [1.807, 2.05) is 42.5 Å². The number of carbonyl (C=O) groups is 1. The second-order valence-corrected chi connectivity index (χ2v) is 10.3. The highest BCUT2D eigenvalue weighted by Crippen LogP contribution is 2.41. The summed E-state index contributed by atoms with van der Waals surface area (Å²) < 4.78 is 27.9. The van der Waals surface area contributed by atoms with Crippen molar-refractivity contribution in [2.24, 2.45) is 0 Å². The highest BCUT2D eigenvalue weighted by atomic mass is 32.2. The molecule has 0 fully saturated rings. The van der Waals surface area contributed by atoms with E-state index in [4.69, 9.17) is 35.9 Å². The first kappa shape index (κ1) is 28.4. The molecule has 39 heavy (non-hydrogen) atoms. The van der Waals surface area contributed by atoms with Gasteiger partial charge >= 0.3 is 0 Å². The fourth-order valence-corrected chi connectivity index (χ4v) is 5.55. The van der Waals surface area contributed by atoms with Crippen molar-refractivity contribution in [3.8, 4) is 28.7 Å². The van der Waals surface area contributed by atoms with Gasteiger partial charge in [0.05, 0.1) is 53.5 Å². The SMILES string of the molecule is COc1ccc(CN(C(=O)CSC(=S)N2CCc3cc(OC)ccc32)c2cc(OC)c(OC)c(OC)c2)cc1. The van der Waals surface area contributed by atoms with Gasteiger partial charge < -0.3 is 33.5 Å². The van der Waals surface area contributed by atoms with Crippen LogP contribution in [0.2, 0.25) is 0 Å². The number of rotatable bonds is 10. The minimum atomic E-state index is -0.110. The Labute approximate surface area is 238 Å². The number of carbonyl (C=O) groups excluding carboxylic acids is 1. The summed E-state index contributed by atoms with van der Waals surface area (Å²) in [5, 5.41) is 0. The molecule has 0 atom stereocenters. The van der Waals surface area contributed by atoms with E-state index in [0.717, 1.165) is 35.7 Å². The number of hydrogen-bond donors (Lipinski definition) is 0. The lowest BCUT2D eigenvalue weighted by Crippen LogP contribution is -2.33. The van der Waals surface area contributed by atoms with E-state index in [9.17, 15) is 4.79 Å². The molecule has 0 bridgehead atoms. The van der Waals surface area contributed by atoms with Gasteiger partial charge in [0.25, 0.3) is 0 Å². The molecule has 3 aromatic carbocycles. The number of benzene rings is 3. The summed E-state index contributed by atoms with van der Waals surface area (Å²) in [5.41, 5.74) is 3.80. The Kier molecular flexibility index (Phi) is 9.42. The van der Waals surface area contributed by atoms with Crippen molar-refractivity contribution >= 4 is 45.6 Å². The van der Waals surface area contributed by atoms with Crippen LogP contribution in [0.15, 0.2) is 54.6 Å². The molecule has 0 saturated heterocycles. The van der Waals surface area contributed by atoms with Gasteiger partial charge in [0.15, 0.2) is 11.5 Å². The van der Waals surface area contributed by atoms with Gasteiger partial charge in [-0.15, -0.1) is 0 Å². The number of thiocarbonyl (C=S) groups is 1. The molecule has 0 N–H and O–H groups in total. The third kappa shape index (κ3) is 6.34. The van der Waals surface area contributed by atoms with Crippen LogP contribution in [-0.2, 0) is 17.8 Å². The molecule has 0 aliphatic carbocycles. The zero-order valence-electron chi connectivity index (χ0n) is 22.7. The molecule has 1 aliphatic heterocycles. The number of methoxy groups -OCH3 is 5. The monoisotopic (exact) mass is 568 g/mol. The fraction of sp³-hybridized carbons (Fsp3) is 0.310. The van der Waals surface area contributed by atoms with Gasteiger partial charge in [-0.3, -0.25) is 4.79 Å². The number of amides is 1. The first-order valence-electron chi connectivity index (χ1n) is 12.3. The van der Waals surface area contributed by atoms with Crippen molar-refractivity contribution < 1.29 is 28.5 Å². The van der Waals surface area contributed by atoms with E-state index in [0.29, 0.717) is 33.8 Å². The summed E-state index contributed by atoms with van der Waals surface area (Å²) in [6.45, 7) is 1.10. The predicted octanol–water partition coefficient (Wildman–Crippen LogP) is 5.34. The number of fused-ring (bicyclic) bond motifs is 1. The van der Waals surface area contributed by atoms with Crippen LogP contribution >= 0.6 is 24.0 Å². The van der Waals surface area contributed by atoms with Gasteiger partial charge in [0.1, 0.15) is 15.8 Å². The van der Waals surface area contributed by atoms with E-state index in [2.05, 4.69) is 4.90 Å². The average Bonchev–Trinajstić information content (AvgIpc) is 3.41. The number of thioether (sulfide) groups is 1. The first-order valence-corrected chi connectivity index (χ1v) is 13.7. The second kappa shape index (κ2) is 12.9. The maximum absolute atomic E-state index is 13.7. The molecule has 10 heteroatoms. The molecule has 1 aliphatic rings. The standard InChI is InChI=1S/C29H32N2O6S2/c1-33-22-8-6-19(7-9-22)17-31(21-15-25(35-3)28(37-5)26(16-21)36-4)27(32)18-39-29(38)30-13-12-20-14-23(34-2)10-11-24(20)30/h6-11,14-16H,12-13,17-18H2,1-5H3. The van der Waals surface area contributed by atoms with Crippen molar-refractivity contribution in [3.05, 3.63) is 65.7 Å². The minimum Gasteiger partial charge on any atom is -0.497 e. The minimum absolute atomic E-state index is 0.110. The Morgan fingerprint density at radius 1 is 0.872 bits per heavy atom. The molecule has 0 radical (unpaired) electrons. The summed E-state index contributed by atoms with van der Waals surface area (Å²) in [7, 11) is 7.93. The lowest BCUT2D eigenvalue weighted by molar-refractivity contribution is -0.116. The molecule has 206 valence electrons. The third-order valence-corrected chi connectivity index (χ3v) is 7.92. The Morgan fingerprint density at radius 2 is 1.51 bits per heavy atom. The van der Waals surface area contributed by atoms with Crippen LogP contribution in [0.4, 0.5) is 11.4 Å². The maximum atomic E-state index is 13.7. The molecule has 1 amide bonds. The molecule has 0 aromatic heterocycles. The molecule has 8 nitrogen and oxygen atoms in total. The molecule has 0 saturated carbocycles. The van der Waals surface area contributed by atoms with Crippen LogP contribution in [-0.4, -0.2) is 58.1 Å². The van der Waals surface area contributed by atoms with Crippen molar-refractivity contribution in [1.29, 1.82) is 0 Å². The largest absolute Gasteiger partial charge is 0.497 e. The molecule has 0 unspecified atom stereocenters. The molecular weight excluding hydrogens is 536 g/mol. The lowest BCUT2D eigenvalue weighted by Gasteiger charge is -2.26. The Hall–Kier alpha value is -3.63. The van der Waals surface area contributed by atoms with Crippen LogP contribution in [0.25, 0.3) is 0 Å². The number of hydrogen-bond acceptors (Lipinski definition) is 8. The summed E-state index contributed by atoms with van der Waals surface area (Å²) >= 11 is 7.11. The van der Waals surface area contributed by atoms with Gasteiger partial charge in [-0.25, -0.2) is 0 Å². The van der Waals surface area contributed by atoms with Gasteiger partial charge in [0, 0.05) is 24.4 Å². The molecular formula is C29H32N2O6S2. The number of nitrogens with zero attached hydrogens (tertiary/aromatic N) is 2. The van der Waals surface area contributed by atoms with E-state index >= 15 is 0 Å². The second-order valence-electron chi connectivity index (χ2n) is 8.66. The van der Waals surface area contributed by atoms with E-state index in [1.54, 1.807) is 52.6 Å². The predicted molar refractivity (Wildman–Crippen MR) is 159 cm³/mol. The van der Waals surface area contributed by atoms with Crippen LogP contribution in [0.1, 0.15) is 11.1 Å². The zero-order valence-corrected chi connectivity index (χ0v) is 24.3. The number of ether oxygens (including phenoxy) is 5. The van der Waals surface area contributed by atoms with Gasteiger partial charge in [-0.05, 0) is 47.9 Å². The quantitative estimate of drug-likeness (QED) is 0.301. The van der Waals surface area contributed by atoms with Crippen molar-refractivity contribution in [2.45, 2.75) is 13.0 Å². The third-order valence-electron chi connectivity index (χ3n) is 6.48. The van der Waals surface area contributed by atoms with Crippen LogP contribution in [0, 0.1) is 0 Å². The lowest BCUT2D eigenvalue weighted by atomic mass is 10.1. The van der Waals surface area contributed by atoms with Crippen LogP contribution < -0.4 is 33.5 Å². The first-order chi connectivity index (χ1) is 18.9. The fourth-order valence-electron chi connectivity index (χ4n) is 4.43. The maximum Gasteiger partial charge on any atom is 0.237 e. The average molecular weight is 569 g/mol.